The standard InChI is InChI=1S/C10H10O3.C4H9N/c1-13-10(12)7-9(11)8-5-3-2-4-6-8;1-2-4-5-3-1/h2-6H,7H2,1H3;5H,1-4H2. The van der Waals surface area contributed by atoms with Gasteiger partial charge in [0.1, 0.15) is 6.42 Å². The Balaban J connectivity index is 0.000000269. The maximum atomic E-state index is 11.3. The maximum absolute atomic E-state index is 11.3. The molecule has 0 aromatic heterocycles. The molecule has 0 bridgehead atoms. The van der Waals surface area contributed by atoms with Gasteiger partial charge in [-0.1, -0.05) is 30.3 Å². The van der Waals surface area contributed by atoms with Crippen molar-refractivity contribution in [1.29, 1.82) is 0 Å². The molecule has 0 saturated carbocycles. The predicted molar refractivity (Wildman–Crippen MR) is 69.5 cm³/mol. The number of hydrogen-bond donors (Lipinski definition) is 1. The summed E-state index contributed by atoms with van der Waals surface area (Å²) in [6, 6.07) is 8.67. The second-order valence-corrected chi connectivity index (χ2v) is 4.00. The molecular weight excluding hydrogens is 230 g/mol. The molecule has 98 valence electrons. The number of nitrogens with one attached hydrogen (secondary N) is 1. The Bertz CT molecular complexity index is 364. The molecule has 0 aliphatic carbocycles. The molecule has 1 fully saturated rings. The van der Waals surface area contributed by atoms with Crippen LogP contribution in [0.2, 0.25) is 0 Å². The molecule has 4 nitrogen and oxygen atoms in total. The van der Waals surface area contributed by atoms with E-state index in [9.17, 15) is 9.59 Å². The van der Waals surface area contributed by atoms with Crippen LogP contribution in [0.1, 0.15) is 29.6 Å². The fourth-order valence-corrected chi connectivity index (χ4v) is 1.55. The number of Topliss-reactive ketones (excluding diaryl/α,β-unsaturated/α-hetero) is 1. The van der Waals surface area contributed by atoms with E-state index in [0.29, 0.717) is 5.56 Å². The third kappa shape index (κ3) is 5.59. The molecule has 1 aliphatic heterocycles. The molecule has 0 unspecified atom stereocenters. The lowest BCUT2D eigenvalue weighted by Crippen LogP contribution is -2.09. The number of benzene rings is 1. The molecule has 1 N–H and O–H groups in total. The number of carbonyl (C=O) groups excluding carboxylic acids is 2. The van der Waals surface area contributed by atoms with Crippen LogP contribution in [0.5, 0.6) is 0 Å². The summed E-state index contributed by atoms with van der Waals surface area (Å²) in [6.45, 7) is 2.50. The summed E-state index contributed by atoms with van der Waals surface area (Å²) in [7, 11) is 1.26. The van der Waals surface area contributed by atoms with Gasteiger partial charge in [-0.25, -0.2) is 0 Å². The lowest BCUT2D eigenvalue weighted by atomic mass is 10.1. The number of ketones is 1. The molecule has 2 rings (SSSR count). The molecule has 1 aromatic rings. The Hall–Kier alpha value is -1.68. The Morgan fingerprint density at radius 3 is 2.22 bits per heavy atom. The van der Waals surface area contributed by atoms with E-state index in [1.54, 1.807) is 24.3 Å². The van der Waals surface area contributed by atoms with Gasteiger partial charge in [-0.3, -0.25) is 9.59 Å². The summed E-state index contributed by atoms with van der Waals surface area (Å²) >= 11 is 0. The topological polar surface area (TPSA) is 55.4 Å². The third-order valence-electron chi connectivity index (χ3n) is 2.59. The van der Waals surface area contributed by atoms with E-state index in [0.717, 1.165) is 0 Å². The van der Waals surface area contributed by atoms with Crippen LogP contribution < -0.4 is 5.32 Å². The minimum absolute atomic E-state index is 0.194. The van der Waals surface area contributed by atoms with Gasteiger partial charge in [0, 0.05) is 5.56 Å². The van der Waals surface area contributed by atoms with Gasteiger partial charge in [0.25, 0.3) is 0 Å². The molecular formula is C14H19NO3. The highest BCUT2D eigenvalue weighted by Gasteiger charge is 2.10. The van der Waals surface area contributed by atoms with Crippen LogP contribution >= 0.6 is 0 Å². The lowest BCUT2D eigenvalue weighted by Gasteiger charge is -1.98. The first-order chi connectivity index (χ1) is 8.74. The van der Waals surface area contributed by atoms with Crippen LogP contribution in [0.15, 0.2) is 30.3 Å². The number of carbonyl (C=O) groups is 2. The summed E-state index contributed by atoms with van der Waals surface area (Å²) in [5, 5.41) is 3.22. The lowest BCUT2D eigenvalue weighted by molar-refractivity contribution is -0.139. The first kappa shape index (κ1) is 14.4. The Kier molecular flexibility index (Phi) is 6.72. The van der Waals surface area contributed by atoms with Gasteiger partial charge in [0.15, 0.2) is 5.78 Å². The van der Waals surface area contributed by atoms with Crippen molar-refractivity contribution in [2.75, 3.05) is 20.2 Å². The highest BCUT2D eigenvalue weighted by Crippen LogP contribution is 2.03. The number of esters is 1. The van der Waals surface area contributed by atoms with Gasteiger partial charge < -0.3 is 10.1 Å². The average molecular weight is 249 g/mol. The van der Waals surface area contributed by atoms with Crippen molar-refractivity contribution in [3.8, 4) is 0 Å². The van der Waals surface area contributed by atoms with E-state index in [2.05, 4.69) is 10.1 Å². The molecule has 1 aromatic carbocycles. The maximum Gasteiger partial charge on any atom is 0.313 e. The van der Waals surface area contributed by atoms with Gasteiger partial charge in [-0.15, -0.1) is 0 Å². The molecule has 0 spiro atoms. The smallest absolute Gasteiger partial charge is 0.313 e. The van der Waals surface area contributed by atoms with E-state index in [4.69, 9.17) is 0 Å². The summed E-state index contributed by atoms with van der Waals surface area (Å²) < 4.78 is 4.38. The van der Waals surface area contributed by atoms with E-state index >= 15 is 0 Å². The minimum atomic E-state index is -0.506. The Morgan fingerprint density at radius 1 is 1.17 bits per heavy atom. The highest BCUT2D eigenvalue weighted by molar-refractivity contribution is 6.05. The zero-order valence-corrected chi connectivity index (χ0v) is 10.6. The van der Waals surface area contributed by atoms with Crippen molar-refractivity contribution in [2.24, 2.45) is 0 Å². The predicted octanol–water partition coefficient (Wildman–Crippen LogP) is 1.80. The molecule has 0 radical (unpaired) electrons. The minimum Gasteiger partial charge on any atom is -0.469 e. The third-order valence-corrected chi connectivity index (χ3v) is 2.59. The SMILES string of the molecule is C1CCNC1.COC(=O)CC(=O)c1ccccc1. The Labute approximate surface area is 107 Å². The second kappa shape index (κ2) is 8.42. The van der Waals surface area contributed by atoms with Gasteiger partial charge in [0.05, 0.1) is 7.11 Å². The van der Waals surface area contributed by atoms with Crippen molar-refractivity contribution in [1.82, 2.24) is 5.32 Å². The highest BCUT2D eigenvalue weighted by atomic mass is 16.5. The van der Waals surface area contributed by atoms with Crippen LogP contribution in [0.3, 0.4) is 0 Å². The fraction of sp³-hybridized carbons (Fsp3) is 0.429. The zero-order chi connectivity index (χ0) is 13.2. The van der Waals surface area contributed by atoms with E-state index in [1.807, 2.05) is 6.07 Å². The molecule has 1 aliphatic rings. The van der Waals surface area contributed by atoms with E-state index in [-0.39, 0.29) is 12.2 Å². The molecule has 1 heterocycles. The first-order valence-corrected chi connectivity index (χ1v) is 6.10. The number of hydrogen-bond acceptors (Lipinski definition) is 4. The van der Waals surface area contributed by atoms with Crippen LogP contribution in [0.25, 0.3) is 0 Å². The van der Waals surface area contributed by atoms with Gasteiger partial charge in [-0.05, 0) is 25.9 Å². The van der Waals surface area contributed by atoms with Crippen LogP contribution in [0, 0.1) is 0 Å². The summed E-state index contributed by atoms with van der Waals surface area (Å²) in [6.07, 6.45) is 2.58. The quantitative estimate of drug-likeness (QED) is 0.504. The van der Waals surface area contributed by atoms with Crippen molar-refractivity contribution in [2.45, 2.75) is 19.3 Å². The van der Waals surface area contributed by atoms with Crippen molar-refractivity contribution in [3.63, 3.8) is 0 Å². The second-order valence-electron chi connectivity index (χ2n) is 4.00. The monoisotopic (exact) mass is 249 g/mol. The average Bonchev–Trinajstić information content (AvgIpc) is 2.98. The van der Waals surface area contributed by atoms with Crippen LogP contribution in [0.4, 0.5) is 0 Å². The van der Waals surface area contributed by atoms with Crippen LogP contribution in [-0.2, 0) is 9.53 Å². The number of ether oxygens (including phenoxy) is 1. The molecule has 0 atom stereocenters. The molecule has 0 amide bonds. The molecule has 4 heteroatoms. The molecule has 1 saturated heterocycles. The number of methoxy groups -OCH3 is 1. The normalized spacial score (nSPS) is 13.4. The largest absolute Gasteiger partial charge is 0.469 e. The van der Waals surface area contributed by atoms with Crippen molar-refractivity contribution in [3.05, 3.63) is 35.9 Å². The fourth-order valence-electron chi connectivity index (χ4n) is 1.55. The first-order valence-electron chi connectivity index (χ1n) is 6.10. The summed E-state index contributed by atoms with van der Waals surface area (Å²) in [4.78, 5) is 22.1. The van der Waals surface area contributed by atoms with Gasteiger partial charge >= 0.3 is 5.97 Å². The van der Waals surface area contributed by atoms with Gasteiger partial charge in [-0.2, -0.15) is 0 Å². The van der Waals surface area contributed by atoms with E-state index in [1.165, 1.54) is 33.0 Å². The van der Waals surface area contributed by atoms with Gasteiger partial charge in [0.2, 0.25) is 0 Å². The van der Waals surface area contributed by atoms with E-state index < -0.39 is 5.97 Å². The zero-order valence-electron chi connectivity index (χ0n) is 10.6. The Morgan fingerprint density at radius 2 is 1.78 bits per heavy atom. The van der Waals surface area contributed by atoms with Crippen molar-refractivity contribution >= 4 is 11.8 Å². The molecule has 18 heavy (non-hydrogen) atoms. The number of rotatable bonds is 3. The van der Waals surface area contributed by atoms with Crippen LogP contribution in [-0.4, -0.2) is 32.0 Å². The summed E-state index contributed by atoms with van der Waals surface area (Å²) in [5.41, 5.74) is 0.535. The van der Waals surface area contributed by atoms with Crippen molar-refractivity contribution < 1.29 is 14.3 Å². The summed E-state index contributed by atoms with van der Waals surface area (Å²) in [5.74, 6) is -0.721.